The highest BCUT2D eigenvalue weighted by Crippen LogP contribution is 2.21. The summed E-state index contributed by atoms with van der Waals surface area (Å²) < 4.78 is 5.34. The van der Waals surface area contributed by atoms with Crippen LogP contribution in [0.15, 0.2) is 30.9 Å². The molecule has 1 aromatic rings. The molecule has 120 valence electrons. The van der Waals surface area contributed by atoms with Crippen LogP contribution < -0.4 is 5.32 Å². The number of benzene rings is 1. The Balaban J connectivity index is 2.85. The molecule has 0 bridgehead atoms. The van der Waals surface area contributed by atoms with Gasteiger partial charge in [-0.15, -0.1) is 6.58 Å². The van der Waals surface area contributed by atoms with E-state index in [4.69, 9.17) is 4.74 Å². The number of nitrogens with one attached hydrogen (secondary N) is 1. The van der Waals surface area contributed by atoms with E-state index < -0.39 is 24.0 Å². The van der Waals surface area contributed by atoms with Gasteiger partial charge in [0.25, 0.3) is 0 Å². The molecule has 0 aromatic heterocycles. The molecule has 1 aromatic carbocycles. The van der Waals surface area contributed by atoms with Crippen LogP contribution in [-0.4, -0.2) is 29.7 Å². The van der Waals surface area contributed by atoms with E-state index in [2.05, 4.69) is 11.9 Å². The molecular formula is C17H23NO4. The highest BCUT2D eigenvalue weighted by atomic mass is 16.5. The Morgan fingerprint density at radius 3 is 2.68 bits per heavy atom. The molecule has 1 amide bonds. The van der Waals surface area contributed by atoms with Gasteiger partial charge in [0.2, 0.25) is 5.91 Å². The Morgan fingerprint density at radius 2 is 2.09 bits per heavy atom. The molecule has 0 heterocycles. The number of hydrogen-bond donors (Lipinski definition) is 2. The third kappa shape index (κ3) is 4.70. The van der Waals surface area contributed by atoms with Crippen molar-refractivity contribution >= 4 is 11.9 Å². The van der Waals surface area contributed by atoms with Gasteiger partial charge in [0.1, 0.15) is 6.10 Å². The molecule has 5 heteroatoms. The Kier molecular flexibility index (Phi) is 6.79. The van der Waals surface area contributed by atoms with Crippen molar-refractivity contribution in [1.29, 1.82) is 0 Å². The van der Waals surface area contributed by atoms with E-state index >= 15 is 0 Å². The van der Waals surface area contributed by atoms with Gasteiger partial charge in [-0.1, -0.05) is 24.3 Å². The molecule has 5 nitrogen and oxygen atoms in total. The molecule has 2 N–H and O–H groups in total. The summed E-state index contributed by atoms with van der Waals surface area (Å²) in [5, 5.41) is 12.0. The smallest absolute Gasteiger partial charge is 0.330 e. The molecule has 0 fully saturated rings. The maximum atomic E-state index is 12.1. The predicted molar refractivity (Wildman–Crippen MR) is 84.7 cm³/mol. The highest BCUT2D eigenvalue weighted by molar-refractivity contribution is 5.87. The molecule has 0 aliphatic carbocycles. The second kappa shape index (κ2) is 8.34. The first-order chi connectivity index (χ1) is 10.4. The third-order valence-corrected chi connectivity index (χ3v) is 3.55. The van der Waals surface area contributed by atoms with Gasteiger partial charge >= 0.3 is 5.97 Å². The van der Waals surface area contributed by atoms with Crippen molar-refractivity contribution in [2.75, 3.05) is 6.61 Å². The fraction of sp³-hybridized carbons (Fsp3) is 0.412. The van der Waals surface area contributed by atoms with Gasteiger partial charge in [-0.3, -0.25) is 4.79 Å². The van der Waals surface area contributed by atoms with Crippen molar-refractivity contribution in [2.24, 2.45) is 0 Å². The van der Waals surface area contributed by atoms with Crippen molar-refractivity contribution in [1.82, 2.24) is 5.32 Å². The number of rotatable bonds is 8. The van der Waals surface area contributed by atoms with Gasteiger partial charge in [0, 0.05) is 0 Å². The van der Waals surface area contributed by atoms with Gasteiger partial charge in [-0.25, -0.2) is 4.79 Å². The van der Waals surface area contributed by atoms with Crippen LogP contribution in [0.3, 0.4) is 0 Å². The molecule has 2 unspecified atom stereocenters. The lowest BCUT2D eigenvalue weighted by Crippen LogP contribution is -2.40. The van der Waals surface area contributed by atoms with E-state index in [-0.39, 0.29) is 0 Å². The van der Waals surface area contributed by atoms with E-state index in [0.29, 0.717) is 18.6 Å². The number of carbonyl (C=O) groups excluding carboxylic acids is 1. The summed E-state index contributed by atoms with van der Waals surface area (Å²) in [4.78, 5) is 23.6. The average molecular weight is 305 g/mol. The summed E-state index contributed by atoms with van der Waals surface area (Å²) in [5.41, 5.74) is 2.42. The first-order valence-corrected chi connectivity index (χ1v) is 7.20. The zero-order valence-corrected chi connectivity index (χ0v) is 13.3. The predicted octanol–water partition coefficient (Wildman–Crippen LogP) is 2.53. The monoisotopic (exact) mass is 305 g/mol. The van der Waals surface area contributed by atoms with E-state index in [1.54, 1.807) is 25.1 Å². The molecule has 1 rings (SSSR count). The fourth-order valence-electron chi connectivity index (χ4n) is 2.02. The van der Waals surface area contributed by atoms with Crippen molar-refractivity contribution in [3.05, 3.63) is 47.5 Å². The molecule has 0 saturated carbocycles. The number of carboxylic acid groups (broad SMARTS) is 1. The molecule has 0 saturated heterocycles. The normalized spacial score (nSPS) is 13.2. The van der Waals surface area contributed by atoms with Crippen LogP contribution in [0, 0.1) is 13.8 Å². The number of carboxylic acids is 1. The number of ether oxygens (including phenoxy) is 1. The van der Waals surface area contributed by atoms with Crippen LogP contribution in [0.5, 0.6) is 0 Å². The summed E-state index contributed by atoms with van der Waals surface area (Å²) in [6.45, 7) is 9.29. The van der Waals surface area contributed by atoms with Crippen molar-refractivity contribution < 1.29 is 19.4 Å². The number of hydrogen-bond acceptors (Lipinski definition) is 3. The van der Waals surface area contributed by atoms with E-state index in [0.717, 1.165) is 11.1 Å². The summed E-state index contributed by atoms with van der Waals surface area (Å²) in [6.07, 6.45) is 1.62. The minimum Gasteiger partial charge on any atom is -0.479 e. The molecular weight excluding hydrogens is 282 g/mol. The number of amides is 1. The van der Waals surface area contributed by atoms with Crippen LogP contribution in [0.1, 0.15) is 36.1 Å². The highest BCUT2D eigenvalue weighted by Gasteiger charge is 2.26. The second-order valence-corrected chi connectivity index (χ2v) is 5.16. The summed E-state index contributed by atoms with van der Waals surface area (Å²) in [7, 11) is 0. The van der Waals surface area contributed by atoms with Crippen LogP contribution in [-0.2, 0) is 14.3 Å². The first-order valence-electron chi connectivity index (χ1n) is 7.20. The quantitative estimate of drug-likeness (QED) is 0.571. The molecule has 0 spiro atoms. The van der Waals surface area contributed by atoms with E-state index in [1.165, 1.54) is 0 Å². The largest absolute Gasteiger partial charge is 0.479 e. The van der Waals surface area contributed by atoms with E-state index in [1.807, 2.05) is 19.9 Å². The number of aliphatic carboxylic acids is 1. The summed E-state index contributed by atoms with van der Waals surface area (Å²) in [5.74, 6) is -1.54. The van der Waals surface area contributed by atoms with E-state index in [9.17, 15) is 14.7 Å². The maximum absolute atomic E-state index is 12.1. The zero-order valence-electron chi connectivity index (χ0n) is 13.3. The van der Waals surface area contributed by atoms with Crippen LogP contribution in [0.2, 0.25) is 0 Å². The number of carbonyl (C=O) groups is 2. The molecule has 0 radical (unpaired) electrons. The molecule has 22 heavy (non-hydrogen) atoms. The maximum Gasteiger partial charge on any atom is 0.330 e. The van der Waals surface area contributed by atoms with Gasteiger partial charge in [-0.05, 0) is 43.9 Å². The van der Waals surface area contributed by atoms with Crippen molar-refractivity contribution in [3.63, 3.8) is 0 Å². The zero-order chi connectivity index (χ0) is 16.7. The summed E-state index contributed by atoms with van der Waals surface area (Å²) >= 11 is 0. The molecule has 0 aliphatic heterocycles. The first kappa shape index (κ1) is 17.9. The third-order valence-electron chi connectivity index (χ3n) is 3.55. The molecule has 0 aliphatic rings. The van der Waals surface area contributed by atoms with Gasteiger partial charge in [0.05, 0.1) is 6.61 Å². The topological polar surface area (TPSA) is 75.6 Å². The van der Waals surface area contributed by atoms with Crippen LogP contribution in [0.4, 0.5) is 0 Å². The fourth-order valence-corrected chi connectivity index (χ4v) is 2.02. The van der Waals surface area contributed by atoms with Gasteiger partial charge in [0.15, 0.2) is 6.04 Å². The Bertz CT molecular complexity index is 554. The van der Waals surface area contributed by atoms with Crippen molar-refractivity contribution in [3.8, 4) is 0 Å². The minimum atomic E-state index is -1.10. The second-order valence-electron chi connectivity index (χ2n) is 5.16. The van der Waals surface area contributed by atoms with Crippen molar-refractivity contribution in [2.45, 2.75) is 39.3 Å². The standard InChI is InChI=1S/C17H23NO4/c1-5-6-10-22-13(4)16(19)18-15(17(20)21)14-9-7-8-11(2)12(14)3/h5,7-9,13,15H,1,6,10H2,2-4H3,(H,18,19)(H,20,21). The van der Waals surface area contributed by atoms with Crippen LogP contribution in [0.25, 0.3) is 0 Å². The number of aryl methyl sites for hydroxylation is 1. The lowest BCUT2D eigenvalue weighted by atomic mass is 9.97. The lowest BCUT2D eigenvalue weighted by molar-refractivity contribution is -0.144. The Morgan fingerprint density at radius 1 is 1.41 bits per heavy atom. The Labute approximate surface area is 131 Å². The van der Waals surface area contributed by atoms with Gasteiger partial charge < -0.3 is 15.2 Å². The minimum absolute atomic E-state index is 0.374. The summed E-state index contributed by atoms with van der Waals surface area (Å²) in [6, 6.07) is 4.31. The molecule has 2 atom stereocenters. The van der Waals surface area contributed by atoms with Gasteiger partial charge in [-0.2, -0.15) is 0 Å². The van der Waals surface area contributed by atoms with Crippen LogP contribution >= 0.6 is 0 Å². The SMILES string of the molecule is C=CCCOC(C)C(=O)NC(C(=O)O)c1cccc(C)c1C. The average Bonchev–Trinajstić information content (AvgIpc) is 2.47. The lowest BCUT2D eigenvalue weighted by Gasteiger charge is -2.20. The Hall–Kier alpha value is -2.14.